The van der Waals surface area contributed by atoms with E-state index >= 15 is 0 Å². The fourth-order valence-corrected chi connectivity index (χ4v) is 5.09. The molecule has 3 N–H and O–H groups in total. The van der Waals surface area contributed by atoms with Crippen molar-refractivity contribution in [2.45, 2.75) is 20.0 Å². The summed E-state index contributed by atoms with van der Waals surface area (Å²) in [6.45, 7) is 4.06. The van der Waals surface area contributed by atoms with E-state index in [1.54, 1.807) is 36.4 Å². The van der Waals surface area contributed by atoms with Crippen LogP contribution in [0.1, 0.15) is 35.9 Å². The van der Waals surface area contributed by atoms with Gasteiger partial charge >= 0.3 is 7.75 Å². The van der Waals surface area contributed by atoms with Gasteiger partial charge in [-0.1, -0.05) is 49.2 Å². The van der Waals surface area contributed by atoms with Gasteiger partial charge in [0.1, 0.15) is 6.10 Å². The SMILES string of the molecule is CC1(C)COP(=O)(NC(=S)NNC(=O)c2ccc(Cl)cc2)O[C@H]1c1ccc(Cl)cc1. The van der Waals surface area contributed by atoms with Crippen molar-refractivity contribution < 1.29 is 18.4 Å². The summed E-state index contributed by atoms with van der Waals surface area (Å²) in [5.74, 6) is -0.445. The molecule has 0 aliphatic carbocycles. The third kappa shape index (κ3) is 5.72. The lowest BCUT2D eigenvalue weighted by Gasteiger charge is -2.41. The van der Waals surface area contributed by atoms with Crippen LogP contribution in [0.5, 0.6) is 0 Å². The van der Waals surface area contributed by atoms with Crippen LogP contribution in [0, 0.1) is 5.41 Å². The average Bonchev–Trinajstić information content (AvgIpc) is 2.70. The highest BCUT2D eigenvalue weighted by molar-refractivity contribution is 7.81. The van der Waals surface area contributed by atoms with E-state index in [9.17, 15) is 9.36 Å². The highest BCUT2D eigenvalue weighted by Gasteiger charge is 2.45. The number of carbonyl (C=O) groups excluding carboxylic acids is 1. The molecule has 0 saturated carbocycles. The van der Waals surface area contributed by atoms with Crippen LogP contribution in [0.4, 0.5) is 0 Å². The van der Waals surface area contributed by atoms with Gasteiger partial charge in [0.25, 0.3) is 5.91 Å². The van der Waals surface area contributed by atoms with Crippen molar-refractivity contribution >= 4 is 54.2 Å². The molecule has 0 aromatic heterocycles. The molecule has 2 aromatic rings. The van der Waals surface area contributed by atoms with Gasteiger partial charge in [0, 0.05) is 21.0 Å². The molecule has 1 aliphatic rings. The summed E-state index contributed by atoms with van der Waals surface area (Å²) in [6.07, 6.45) is -0.520. The molecule has 11 heteroatoms. The minimum Gasteiger partial charge on any atom is -0.292 e. The van der Waals surface area contributed by atoms with Crippen LogP contribution >= 0.6 is 43.2 Å². The lowest BCUT2D eigenvalue weighted by atomic mass is 9.83. The van der Waals surface area contributed by atoms with E-state index in [-0.39, 0.29) is 11.7 Å². The maximum absolute atomic E-state index is 13.1. The molecule has 0 spiro atoms. The zero-order valence-electron chi connectivity index (χ0n) is 16.1. The third-order valence-electron chi connectivity index (χ3n) is 4.37. The molecule has 160 valence electrons. The number of carbonyl (C=O) groups is 1. The number of amides is 1. The van der Waals surface area contributed by atoms with Crippen LogP contribution < -0.4 is 15.9 Å². The van der Waals surface area contributed by atoms with E-state index in [0.29, 0.717) is 15.6 Å². The normalized spacial score (nSPS) is 22.7. The Labute approximate surface area is 190 Å². The van der Waals surface area contributed by atoms with Crippen molar-refractivity contribution in [3.8, 4) is 0 Å². The van der Waals surface area contributed by atoms with Crippen molar-refractivity contribution in [3.05, 3.63) is 69.7 Å². The first-order valence-electron chi connectivity index (χ1n) is 8.91. The van der Waals surface area contributed by atoms with Gasteiger partial charge in [0.15, 0.2) is 5.11 Å². The van der Waals surface area contributed by atoms with Crippen molar-refractivity contribution in [3.63, 3.8) is 0 Å². The smallest absolute Gasteiger partial charge is 0.292 e. The van der Waals surface area contributed by atoms with E-state index < -0.39 is 25.2 Å². The van der Waals surface area contributed by atoms with Crippen LogP contribution in [-0.4, -0.2) is 17.6 Å². The molecule has 1 amide bonds. The topological polar surface area (TPSA) is 88.7 Å². The number of rotatable bonds is 3. The summed E-state index contributed by atoms with van der Waals surface area (Å²) in [7, 11) is -3.78. The summed E-state index contributed by atoms with van der Waals surface area (Å²) in [5.41, 5.74) is 5.63. The summed E-state index contributed by atoms with van der Waals surface area (Å²) in [5, 5.41) is 3.52. The standard InChI is InChI=1S/C19H20Cl2N3O4PS/c1-19(2)11-27-29(26,28-16(19)12-3-7-14(20)8-4-12)24-18(30)23-22-17(25)13-5-9-15(21)10-6-13/h3-10,16H,11H2,1-2H3,(H,22,25)(H2,23,24,26,30)/t16-,29?/m0/s1. The first kappa shape index (κ1) is 23.0. The second-order valence-corrected chi connectivity index (χ2v) is 10.3. The number of nitrogens with one attached hydrogen (secondary N) is 3. The van der Waals surface area contributed by atoms with E-state index in [2.05, 4.69) is 15.9 Å². The molecule has 3 rings (SSSR count). The quantitative estimate of drug-likeness (QED) is 0.318. The van der Waals surface area contributed by atoms with Gasteiger partial charge in [-0.3, -0.25) is 29.8 Å². The summed E-state index contributed by atoms with van der Waals surface area (Å²) >= 11 is 16.9. The molecule has 1 fully saturated rings. The molecule has 1 saturated heterocycles. The van der Waals surface area contributed by atoms with E-state index in [1.807, 2.05) is 26.0 Å². The lowest BCUT2D eigenvalue weighted by Crippen LogP contribution is -2.47. The summed E-state index contributed by atoms with van der Waals surface area (Å²) in [4.78, 5) is 12.1. The van der Waals surface area contributed by atoms with Gasteiger partial charge in [-0.2, -0.15) is 0 Å². The maximum atomic E-state index is 13.1. The first-order chi connectivity index (χ1) is 14.1. The van der Waals surface area contributed by atoms with Gasteiger partial charge in [0.2, 0.25) is 0 Å². The molecule has 30 heavy (non-hydrogen) atoms. The lowest BCUT2D eigenvalue weighted by molar-refractivity contribution is -0.0285. The van der Waals surface area contributed by atoms with Crippen molar-refractivity contribution in [2.75, 3.05) is 6.61 Å². The van der Waals surface area contributed by atoms with Crippen LogP contribution in [0.2, 0.25) is 10.0 Å². The Balaban J connectivity index is 1.62. The highest BCUT2D eigenvalue weighted by Crippen LogP contribution is 2.58. The van der Waals surface area contributed by atoms with E-state index in [4.69, 9.17) is 44.5 Å². The Morgan fingerprint density at radius 3 is 2.23 bits per heavy atom. The van der Waals surface area contributed by atoms with Gasteiger partial charge < -0.3 is 0 Å². The second-order valence-electron chi connectivity index (χ2n) is 7.32. The van der Waals surface area contributed by atoms with Crippen LogP contribution in [-0.2, 0) is 13.6 Å². The maximum Gasteiger partial charge on any atom is 0.435 e. The Bertz CT molecular complexity index is 986. The minimum absolute atomic E-state index is 0.116. The number of benzene rings is 2. The summed E-state index contributed by atoms with van der Waals surface area (Å²) < 4.78 is 24.4. The molecular weight excluding hydrogens is 468 g/mol. The fraction of sp³-hybridized carbons (Fsp3) is 0.263. The largest absolute Gasteiger partial charge is 0.435 e. The van der Waals surface area contributed by atoms with Gasteiger partial charge in [-0.25, -0.2) is 4.57 Å². The predicted molar refractivity (Wildman–Crippen MR) is 120 cm³/mol. The Kier molecular flexibility index (Phi) is 7.07. The molecule has 2 atom stereocenters. The number of thiocarbonyl (C=S) groups is 1. The van der Waals surface area contributed by atoms with Crippen LogP contribution in [0.25, 0.3) is 0 Å². The second kappa shape index (κ2) is 9.22. The van der Waals surface area contributed by atoms with E-state index in [0.717, 1.165) is 5.56 Å². The fourth-order valence-electron chi connectivity index (χ4n) is 2.79. The minimum atomic E-state index is -3.78. The molecule has 1 aliphatic heterocycles. The number of halogens is 2. The molecule has 1 unspecified atom stereocenters. The zero-order chi connectivity index (χ0) is 21.9. The summed E-state index contributed by atoms with van der Waals surface area (Å²) in [6, 6.07) is 13.4. The zero-order valence-corrected chi connectivity index (χ0v) is 19.4. The van der Waals surface area contributed by atoms with Gasteiger partial charge in [0.05, 0.1) is 6.61 Å². The van der Waals surface area contributed by atoms with Crippen LogP contribution in [0.15, 0.2) is 48.5 Å². The molecule has 7 nitrogen and oxygen atoms in total. The highest BCUT2D eigenvalue weighted by atomic mass is 35.5. The van der Waals surface area contributed by atoms with Crippen LogP contribution in [0.3, 0.4) is 0 Å². The molecule has 1 heterocycles. The van der Waals surface area contributed by atoms with Crippen molar-refractivity contribution in [1.82, 2.24) is 15.9 Å². The predicted octanol–water partition coefficient (Wildman–Crippen LogP) is 5.02. The van der Waals surface area contributed by atoms with E-state index in [1.165, 1.54) is 0 Å². The molecular formula is C19H20Cl2N3O4PS. The third-order valence-corrected chi connectivity index (χ3v) is 6.68. The first-order valence-corrected chi connectivity index (χ1v) is 11.6. The van der Waals surface area contributed by atoms with Crippen molar-refractivity contribution in [1.29, 1.82) is 0 Å². The average molecular weight is 488 g/mol. The number of hydrazine groups is 1. The van der Waals surface area contributed by atoms with Gasteiger partial charge in [-0.15, -0.1) is 0 Å². The number of hydrogen-bond acceptors (Lipinski definition) is 5. The molecule has 0 bridgehead atoms. The van der Waals surface area contributed by atoms with Crippen molar-refractivity contribution in [2.24, 2.45) is 5.41 Å². The molecule has 2 aromatic carbocycles. The monoisotopic (exact) mass is 487 g/mol. The Hall–Kier alpha value is -1.67. The molecule has 0 radical (unpaired) electrons. The Morgan fingerprint density at radius 1 is 1.07 bits per heavy atom. The Morgan fingerprint density at radius 2 is 1.63 bits per heavy atom. The number of hydrogen-bond donors (Lipinski definition) is 3. The van der Waals surface area contributed by atoms with Gasteiger partial charge in [-0.05, 0) is 54.2 Å².